The molecule has 1 aliphatic rings. The van der Waals surface area contributed by atoms with Gasteiger partial charge >= 0.3 is 0 Å². The highest BCUT2D eigenvalue weighted by atomic mass is 32.1. The summed E-state index contributed by atoms with van der Waals surface area (Å²) in [5.41, 5.74) is 11.2. The highest BCUT2D eigenvalue weighted by Crippen LogP contribution is 2.54. The summed E-state index contributed by atoms with van der Waals surface area (Å²) in [6.45, 7) is 9.51. The molecule has 0 radical (unpaired) electrons. The van der Waals surface area contributed by atoms with Gasteiger partial charge in [-0.15, -0.1) is 11.3 Å². The van der Waals surface area contributed by atoms with Crippen LogP contribution in [0, 0.1) is 0 Å². The molecule has 1 aliphatic carbocycles. The van der Waals surface area contributed by atoms with E-state index >= 15 is 0 Å². The minimum Gasteiger partial charge on any atom is -0.244 e. The molecular formula is C38H30N2S. The third kappa shape index (κ3) is 3.49. The smallest absolute Gasteiger partial charge is 0.0973 e. The van der Waals surface area contributed by atoms with Crippen LogP contribution in [-0.4, -0.2) is 9.97 Å². The van der Waals surface area contributed by atoms with Crippen molar-refractivity contribution in [2.45, 2.75) is 38.5 Å². The van der Waals surface area contributed by atoms with Crippen LogP contribution in [0.1, 0.15) is 38.8 Å². The average Bonchev–Trinajstić information content (AvgIpc) is 3.37. The maximum absolute atomic E-state index is 5.26. The molecule has 0 spiro atoms. The van der Waals surface area contributed by atoms with Gasteiger partial charge in [-0.05, 0) is 63.4 Å². The Hall–Kier alpha value is -4.34. The molecule has 2 heterocycles. The van der Waals surface area contributed by atoms with Crippen LogP contribution in [0.25, 0.3) is 64.8 Å². The van der Waals surface area contributed by atoms with Crippen LogP contribution >= 0.6 is 11.3 Å². The first kappa shape index (κ1) is 24.5. The van der Waals surface area contributed by atoms with Crippen LogP contribution in [0.5, 0.6) is 0 Å². The summed E-state index contributed by atoms with van der Waals surface area (Å²) in [6, 6.07) is 39.4. The minimum absolute atomic E-state index is 0.00564. The second-order valence-corrected chi connectivity index (χ2v) is 13.4. The van der Waals surface area contributed by atoms with E-state index in [0.717, 1.165) is 33.5 Å². The Morgan fingerprint density at radius 3 is 1.80 bits per heavy atom. The van der Waals surface area contributed by atoms with Gasteiger partial charge in [-0.3, -0.25) is 0 Å². The molecular weight excluding hydrogens is 516 g/mol. The first-order valence-electron chi connectivity index (χ1n) is 14.3. The van der Waals surface area contributed by atoms with Crippen LogP contribution in [0.3, 0.4) is 0 Å². The molecule has 0 unspecified atom stereocenters. The summed E-state index contributed by atoms with van der Waals surface area (Å²) < 4.78 is 2.58. The highest BCUT2D eigenvalue weighted by molar-refractivity contribution is 7.25. The lowest BCUT2D eigenvalue weighted by Gasteiger charge is -2.48. The van der Waals surface area contributed by atoms with Gasteiger partial charge in [0, 0.05) is 31.3 Å². The molecule has 3 heteroatoms. The van der Waals surface area contributed by atoms with Crippen molar-refractivity contribution >= 4 is 42.5 Å². The summed E-state index contributed by atoms with van der Waals surface area (Å²) in [4.78, 5) is 10.5. The zero-order chi connectivity index (χ0) is 27.9. The standard InChI is InChI=1S/C38H30N2S/c1-37(2)29-13-7-5-11-25(29)28-21-23(18-20-30(28)38(37,3)4)35-36(40-32-15-9-8-14-31(32)39-35)24-17-19-27-26-12-6-10-16-33(26)41-34(27)22-24/h5-22H,1-4H3. The largest absolute Gasteiger partial charge is 0.244 e. The lowest BCUT2D eigenvalue weighted by Crippen LogP contribution is -2.43. The summed E-state index contributed by atoms with van der Waals surface area (Å²) in [7, 11) is 0. The SMILES string of the molecule is CC1(C)c2ccccc2-c2cc(-c3nc4ccccc4nc3-c3ccc4c(c3)sc3ccccc34)ccc2C1(C)C. The van der Waals surface area contributed by atoms with Crippen molar-refractivity contribution in [1.29, 1.82) is 0 Å². The number of fused-ring (bicyclic) bond motifs is 7. The van der Waals surface area contributed by atoms with Gasteiger partial charge in [0.15, 0.2) is 0 Å². The van der Waals surface area contributed by atoms with Crippen LogP contribution in [0.2, 0.25) is 0 Å². The maximum Gasteiger partial charge on any atom is 0.0973 e. The van der Waals surface area contributed by atoms with Crippen molar-refractivity contribution in [3.05, 3.63) is 120 Å². The molecule has 198 valence electrons. The zero-order valence-electron chi connectivity index (χ0n) is 23.7. The van der Waals surface area contributed by atoms with Gasteiger partial charge in [0.1, 0.15) is 0 Å². The summed E-state index contributed by atoms with van der Waals surface area (Å²) in [6.07, 6.45) is 0. The van der Waals surface area contributed by atoms with E-state index in [0.29, 0.717) is 0 Å². The molecule has 0 aliphatic heterocycles. The molecule has 0 atom stereocenters. The Kier molecular flexibility index (Phi) is 5.12. The minimum atomic E-state index is -0.0284. The van der Waals surface area contributed by atoms with E-state index in [4.69, 9.17) is 9.97 Å². The molecule has 0 amide bonds. The Morgan fingerprint density at radius 2 is 1.05 bits per heavy atom. The van der Waals surface area contributed by atoms with Crippen molar-refractivity contribution < 1.29 is 0 Å². The number of hydrogen-bond acceptors (Lipinski definition) is 3. The molecule has 0 bridgehead atoms. The topological polar surface area (TPSA) is 25.8 Å². The van der Waals surface area contributed by atoms with Crippen LogP contribution in [-0.2, 0) is 10.8 Å². The molecule has 5 aromatic carbocycles. The summed E-state index contributed by atoms with van der Waals surface area (Å²) in [5, 5.41) is 2.60. The zero-order valence-corrected chi connectivity index (χ0v) is 24.5. The summed E-state index contributed by atoms with van der Waals surface area (Å²) in [5.74, 6) is 0. The van der Waals surface area contributed by atoms with Crippen molar-refractivity contribution in [2.75, 3.05) is 0 Å². The fraction of sp³-hybridized carbons (Fsp3) is 0.158. The third-order valence-electron chi connectivity index (χ3n) is 9.64. The van der Waals surface area contributed by atoms with E-state index in [1.54, 1.807) is 0 Å². The third-order valence-corrected chi connectivity index (χ3v) is 10.8. The molecule has 2 aromatic heterocycles. The Bertz CT molecular complexity index is 2170. The van der Waals surface area contributed by atoms with Crippen LogP contribution in [0.4, 0.5) is 0 Å². The maximum atomic E-state index is 5.26. The number of hydrogen-bond donors (Lipinski definition) is 0. The second kappa shape index (κ2) is 8.58. The summed E-state index contributed by atoms with van der Waals surface area (Å²) >= 11 is 1.84. The monoisotopic (exact) mass is 546 g/mol. The number of para-hydroxylation sites is 2. The normalized spacial score (nSPS) is 15.2. The number of nitrogens with zero attached hydrogens (tertiary/aromatic N) is 2. The fourth-order valence-electron chi connectivity index (χ4n) is 6.67. The number of benzene rings is 5. The quantitative estimate of drug-likeness (QED) is 0.215. The molecule has 8 rings (SSSR count). The second-order valence-electron chi connectivity index (χ2n) is 12.3. The van der Waals surface area contributed by atoms with E-state index in [1.165, 1.54) is 42.4 Å². The van der Waals surface area contributed by atoms with Crippen molar-refractivity contribution in [3.63, 3.8) is 0 Å². The Labute approximate surface area is 244 Å². The molecule has 0 N–H and O–H groups in total. The van der Waals surface area contributed by atoms with Crippen molar-refractivity contribution in [3.8, 4) is 33.6 Å². The molecule has 0 saturated heterocycles. The van der Waals surface area contributed by atoms with Gasteiger partial charge < -0.3 is 0 Å². The number of thiophene rings is 1. The van der Waals surface area contributed by atoms with Gasteiger partial charge in [0.2, 0.25) is 0 Å². The van der Waals surface area contributed by atoms with Crippen LogP contribution in [0.15, 0.2) is 109 Å². The molecule has 0 fully saturated rings. The predicted molar refractivity (Wildman–Crippen MR) is 175 cm³/mol. The average molecular weight is 547 g/mol. The molecule has 0 saturated carbocycles. The highest BCUT2D eigenvalue weighted by Gasteiger charge is 2.45. The number of aromatic nitrogens is 2. The molecule has 41 heavy (non-hydrogen) atoms. The van der Waals surface area contributed by atoms with Gasteiger partial charge in [0.05, 0.1) is 22.4 Å². The lowest BCUT2D eigenvalue weighted by molar-refractivity contribution is 0.299. The lowest BCUT2D eigenvalue weighted by atomic mass is 9.55. The molecule has 2 nitrogen and oxygen atoms in total. The van der Waals surface area contributed by atoms with Gasteiger partial charge in [-0.2, -0.15) is 0 Å². The fourth-order valence-corrected chi connectivity index (χ4v) is 7.82. The first-order chi connectivity index (χ1) is 19.8. The predicted octanol–water partition coefficient (Wildman–Crippen LogP) is 10.6. The van der Waals surface area contributed by atoms with E-state index in [-0.39, 0.29) is 10.8 Å². The van der Waals surface area contributed by atoms with Gasteiger partial charge in [-0.25, -0.2) is 9.97 Å². The van der Waals surface area contributed by atoms with Crippen molar-refractivity contribution in [2.24, 2.45) is 0 Å². The van der Waals surface area contributed by atoms with Gasteiger partial charge in [0.25, 0.3) is 0 Å². The van der Waals surface area contributed by atoms with Gasteiger partial charge in [-0.1, -0.05) is 107 Å². The first-order valence-corrected chi connectivity index (χ1v) is 15.1. The van der Waals surface area contributed by atoms with Crippen molar-refractivity contribution in [1.82, 2.24) is 9.97 Å². The van der Waals surface area contributed by atoms with Crippen LogP contribution < -0.4 is 0 Å². The molecule has 7 aromatic rings. The Balaban J connectivity index is 1.38. The van der Waals surface area contributed by atoms with E-state index in [2.05, 4.69) is 125 Å². The Morgan fingerprint density at radius 1 is 0.488 bits per heavy atom. The number of rotatable bonds is 2. The van der Waals surface area contributed by atoms with E-state index < -0.39 is 0 Å². The van der Waals surface area contributed by atoms with E-state index in [1.807, 2.05) is 23.5 Å². The van der Waals surface area contributed by atoms with E-state index in [9.17, 15) is 0 Å².